The molecule has 0 fully saturated rings. The van der Waals surface area contributed by atoms with Crippen LogP contribution < -0.4 is 9.47 Å². The van der Waals surface area contributed by atoms with E-state index < -0.39 is 164 Å². The molecular weight excluding hydrogens is 864 g/mol. The standard InChI is InChI=1S/C44H32O21/c45-15-5-21(47)17-10-30(64-42(59)13-1-23(49)36(55)24(50)2-13)39(62-28(17)7-15)19-9-27(53)38(57)35-33(19)34-20(12-32(54)44(35,61)41(34)58)40-31(11-18-22(48)6-16(46)8-29(18)63-40)65-43(60)14-3-25(51)37(56)26(52)4-14/h1-9,12,30-31,34,39-40,45-53,55-57,61H,10-11H2/t30-,31-,34?,39-,40-,44?/m1/s1. The quantitative estimate of drug-likeness (QED) is 0.0662. The highest BCUT2D eigenvalue weighted by molar-refractivity contribution is 6.24. The number of aromatic hydroxyl groups is 12. The van der Waals surface area contributed by atoms with E-state index in [0.717, 1.165) is 60.7 Å². The highest BCUT2D eigenvalue weighted by Crippen LogP contribution is 2.59. The van der Waals surface area contributed by atoms with Gasteiger partial charge in [-0.15, -0.1) is 0 Å². The molecule has 5 aromatic carbocycles. The van der Waals surface area contributed by atoms with Crippen LogP contribution in [0.25, 0.3) is 0 Å². The number of phenolic OH excluding ortho intramolecular Hbond substituents is 12. The van der Waals surface area contributed by atoms with Crippen molar-refractivity contribution in [1.82, 2.24) is 0 Å². The molecular formula is C44H32O21. The van der Waals surface area contributed by atoms with Crippen molar-refractivity contribution >= 4 is 23.5 Å². The Bertz CT molecular complexity index is 2960. The summed E-state index contributed by atoms with van der Waals surface area (Å²) in [7, 11) is 0. The molecule has 4 aliphatic rings. The van der Waals surface area contributed by atoms with Crippen molar-refractivity contribution < 1.29 is 105 Å². The summed E-state index contributed by atoms with van der Waals surface area (Å²) in [6.07, 6.45) is -7.01. The van der Waals surface area contributed by atoms with E-state index in [1.807, 2.05) is 0 Å². The minimum atomic E-state index is -3.23. The predicted molar refractivity (Wildman–Crippen MR) is 211 cm³/mol. The van der Waals surface area contributed by atoms with E-state index in [4.69, 9.17) is 18.9 Å². The summed E-state index contributed by atoms with van der Waals surface area (Å²) < 4.78 is 24.0. The van der Waals surface area contributed by atoms with Gasteiger partial charge in [0, 0.05) is 59.4 Å². The van der Waals surface area contributed by atoms with Gasteiger partial charge < -0.3 is 85.3 Å². The molecule has 6 atom stereocenters. The third-order valence-corrected chi connectivity index (χ3v) is 11.7. The molecule has 0 saturated carbocycles. The van der Waals surface area contributed by atoms with E-state index in [9.17, 15) is 85.6 Å². The second-order valence-corrected chi connectivity index (χ2v) is 15.6. The van der Waals surface area contributed by atoms with Crippen molar-refractivity contribution in [1.29, 1.82) is 0 Å². The van der Waals surface area contributed by atoms with Gasteiger partial charge in [0.25, 0.3) is 0 Å². The second kappa shape index (κ2) is 14.4. The smallest absolute Gasteiger partial charge is 0.338 e. The van der Waals surface area contributed by atoms with Gasteiger partial charge >= 0.3 is 11.9 Å². The summed E-state index contributed by atoms with van der Waals surface area (Å²) in [5, 5.41) is 137. The first-order valence-electron chi connectivity index (χ1n) is 19.1. The summed E-state index contributed by atoms with van der Waals surface area (Å²) in [6.45, 7) is 0. The normalized spacial score (nSPS) is 22.7. The number of rotatable bonds is 6. The fourth-order valence-electron chi connectivity index (χ4n) is 8.72. The van der Waals surface area contributed by atoms with Gasteiger partial charge in [-0.05, 0) is 47.5 Å². The van der Waals surface area contributed by atoms with Crippen molar-refractivity contribution in [2.45, 2.75) is 48.8 Å². The van der Waals surface area contributed by atoms with E-state index in [2.05, 4.69) is 0 Å². The maximum atomic E-state index is 14.7. The van der Waals surface area contributed by atoms with Crippen LogP contribution in [0.5, 0.6) is 80.5 Å². The Kier molecular flexibility index (Phi) is 9.23. The molecule has 0 radical (unpaired) electrons. The highest BCUT2D eigenvalue weighted by Gasteiger charge is 2.64. The zero-order chi connectivity index (χ0) is 46.7. The van der Waals surface area contributed by atoms with Crippen LogP contribution in [-0.2, 0) is 37.5 Å². The van der Waals surface area contributed by atoms with E-state index in [0.29, 0.717) is 0 Å². The zero-order valence-corrected chi connectivity index (χ0v) is 32.7. The first-order valence-corrected chi connectivity index (χ1v) is 19.1. The van der Waals surface area contributed by atoms with Gasteiger partial charge in [0.15, 0.2) is 69.8 Å². The van der Waals surface area contributed by atoms with E-state index >= 15 is 0 Å². The number of hydrogen-bond acceptors (Lipinski definition) is 21. The van der Waals surface area contributed by atoms with Crippen LogP contribution in [-0.4, -0.2) is 108 Å². The first kappa shape index (κ1) is 41.6. The summed E-state index contributed by atoms with van der Waals surface area (Å²) in [5.41, 5.74) is -6.38. The molecule has 0 amide bonds. The van der Waals surface area contributed by atoms with Gasteiger partial charge in [-0.3, -0.25) is 9.59 Å². The van der Waals surface area contributed by atoms with Crippen molar-refractivity contribution in [2.24, 2.45) is 0 Å². The minimum Gasteiger partial charge on any atom is -0.508 e. The largest absolute Gasteiger partial charge is 0.508 e. The number of carbonyl (C=O) groups is 4. The maximum absolute atomic E-state index is 14.7. The van der Waals surface area contributed by atoms with Gasteiger partial charge in [0.05, 0.1) is 17.0 Å². The number of Topliss-reactive ketones (excluding diaryl/α,β-unsaturated/α-hetero) is 1. The lowest BCUT2D eigenvalue weighted by Gasteiger charge is -2.38. The van der Waals surface area contributed by atoms with Crippen molar-refractivity contribution in [3.63, 3.8) is 0 Å². The lowest BCUT2D eigenvalue weighted by Crippen LogP contribution is -2.49. The van der Waals surface area contributed by atoms with Crippen LogP contribution >= 0.6 is 0 Å². The first-order chi connectivity index (χ1) is 30.7. The zero-order valence-electron chi connectivity index (χ0n) is 32.7. The summed E-state index contributed by atoms with van der Waals surface area (Å²) in [4.78, 5) is 56.2. The highest BCUT2D eigenvalue weighted by atomic mass is 16.6. The Morgan fingerprint density at radius 3 is 1.46 bits per heavy atom. The number of phenols is 12. The molecule has 13 N–H and O–H groups in total. The van der Waals surface area contributed by atoms with Crippen LogP contribution in [0.3, 0.4) is 0 Å². The molecule has 2 aliphatic carbocycles. The lowest BCUT2D eigenvalue weighted by atomic mass is 9.76. The predicted octanol–water partition coefficient (Wildman–Crippen LogP) is 2.65. The molecule has 21 heteroatoms. The summed E-state index contributed by atoms with van der Waals surface area (Å²) in [6, 6.07) is 7.87. The van der Waals surface area contributed by atoms with Crippen molar-refractivity contribution in [3.8, 4) is 80.5 Å². The molecule has 9 rings (SSSR count). The van der Waals surface area contributed by atoms with Gasteiger partial charge in [0.2, 0.25) is 5.60 Å². The number of hydrogen-bond donors (Lipinski definition) is 13. The Morgan fingerprint density at radius 2 is 0.985 bits per heavy atom. The number of aliphatic hydroxyl groups is 1. The van der Waals surface area contributed by atoms with E-state index in [1.165, 1.54) is 0 Å². The number of benzene rings is 5. The number of esters is 2. The summed E-state index contributed by atoms with van der Waals surface area (Å²) in [5.74, 6) is -17.6. The molecule has 334 valence electrons. The Balaban J connectivity index is 1.20. The van der Waals surface area contributed by atoms with Crippen molar-refractivity contribution in [3.05, 3.63) is 105 Å². The Hall–Kier alpha value is -8.72. The van der Waals surface area contributed by atoms with Gasteiger partial charge in [-0.25, -0.2) is 9.59 Å². The molecule has 0 aromatic heterocycles. The number of ketones is 2. The minimum absolute atomic E-state index is 0.0437. The lowest BCUT2D eigenvalue weighted by molar-refractivity contribution is -0.149. The summed E-state index contributed by atoms with van der Waals surface area (Å²) >= 11 is 0. The fourth-order valence-corrected chi connectivity index (χ4v) is 8.72. The molecule has 21 nitrogen and oxygen atoms in total. The molecule has 5 aromatic rings. The Morgan fingerprint density at radius 1 is 0.554 bits per heavy atom. The molecule has 0 saturated heterocycles. The van der Waals surface area contributed by atoms with E-state index in [1.54, 1.807) is 0 Å². The molecule has 2 heterocycles. The Labute approximate surface area is 361 Å². The molecule has 2 aliphatic heterocycles. The van der Waals surface area contributed by atoms with Gasteiger partial charge in [-0.2, -0.15) is 0 Å². The average molecular weight is 897 g/mol. The van der Waals surface area contributed by atoms with Crippen LogP contribution in [0.4, 0.5) is 0 Å². The number of carbonyl (C=O) groups excluding carboxylic acids is 4. The van der Waals surface area contributed by atoms with Crippen LogP contribution in [0.1, 0.15) is 60.6 Å². The van der Waals surface area contributed by atoms with Crippen molar-refractivity contribution in [2.75, 3.05) is 0 Å². The third-order valence-electron chi connectivity index (χ3n) is 11.7. The molecule has 2 unspecified atom stereocenters. The second-order valence-electron chi connectivity index (χ2n) is 15.6. The number of fused-ring (bicyclic) bond motifs is 7. The van der Waals surface area contributed by atoms with Crippen LogP contribution in [0.15, 0.2) is 66.2 Å². The van der Waals surface area contributed by atoms with Crippen LogP contribution in [0.2, 0.25) is 0 Å². The topological polar surface area (TPSA) is 368 Å². The fraction of sp³-hybridized carbons (Fsp3) is 0.182. The van der Waals surface area contributed by atoms with E-state index in [-0.39, 0.29) is 33.8 Å². The van der Waals surface area contributed by atoms with Gasteiger partial charge in [0.1, 0.15) is 46.7 Å². The monoisotopic (exact) mass is 896 g/mol. The molecule has 2 bridgehead atoms. The average Bonchev–Trinajstić information content (AvgIpc) is 3.41. The SMILES string of the molecule is O=C(O[C@@H]1Cc2c(O)cc(O)cc2O[C@@H]1C1=CC(=O)C2(O)C(=O)C1c1c([C@H]3Oc4cc(O)cc(O)c4C[C@H]3OC(=O)c3cc(O)c(O)c(O)c3)cc(O)c(O)c12)c1cc(O)c(O)c(O)c1. The molecule has 65 heavy (non-hydrogen) atoms. The number of ether oxygens (including phenoxy) is 4. The maximum Gasteiger partial charge on any atom is 0.338 e. The molecule has 0 spiro atoms. The van der Waals surface area contributed by atoms with Gasteiger partial charge in [-0.1, -0.05) is 0 Å². The van der Waals surface area contributed by atoms with Crippen LogP contribution in [0, 0.1) is 0 Å². The third kappa shape index (κ3) is 6.34.